The molecular weight excluding hydrogens is 406 g/mol. The number of amides is 1. The summed E-state index contributed by atoms with van der Waals surface area (Å²) in [6.07, 6.45) is 1.54. The minimum absolute atomic E-state index is 0.174. The Labute approximate surface area is 182 Å². The minimum atomic E-state index is -0.456. The summed E-state index contributed by atoms with van der Waals surface area (Å²) in [4.78, 5) is 29.5. The Morgan fingerprint density at radius 1 is 1.00 bits per heavy atom. The number of nitrogens with one attached hydrogen (secondary N) is 1. The summed E-state index contributed by atoms with van der Waals surface area (Å²) in [6, 6.07) is 21.0. The van der Waals surface area contributed by atoms with Gasteiger partial charge in [0.2, 0.25) is 0 Å². The fraction of sp³-hybridized carbons (Fsp3) is 0.0800. The van der Waals surface area contributed by atoms with E-state index >= 15 is 0 Å². The summed E-state index contributed by atoms with van der Waals surface area (Å²) in [5.41, 5.74) is 5.31. The van der Waals surface area contributed by atoms with Gasteiger partial charge in [0, 0.05) is 23.3 Å². The third-order valence-corrected chi connectivity index (χ3v) is 5.34. The van der Waals surface area contributed by atoms with Crippen molar-refractivity contribution >= 4 is 50.7 Å². The molecule has 0 aliphatic heterocycles. The maximum absolute atomic E-state index is 12.6. The van der Waals surface area contributed by atoms with Crippen molar-refractivity contribution in [1.29, 1.82) is 0 Å². The van der Waals surface area contributed by atoms with Crippen LogP contribution < -0.4 is 10.3 Å². The average Bonchev–Trinajstić information content (AvgIpc) is 3.34. The highest BCUT2D eigenvalue weighted by Crippen LogP contribution is 2.28. The molecule has 1 amide bonds. The maximum atomic E-state index is 12.6. The quantitative estimate of drug-likeness (QED) is 0.337. The Morgan fingerprint density at radius 3 is 2.56 bits per heavy atom. The van der Waals surface area contributed by atoms with E-state index in [1.807, 2.05) is 67.6 Å². The molecule has 5 rings (SSSR count). The van der Waals surface area contributed by atoms with Gasteiger partial charge in [0.1, 0.15) is 5.58 Å². The minimum Gasteiger partial charge on any atom is -0.451 e. The van der Waals surface area contributed by atoms with Crippen LogP contribution in [0.3, 0.4) is 0 Å². The van der Waals surface area contributed by atoms with Crippen LogP contribution in [-0.4, -0.2) is 22.8 Å². The van der Waals surface area contributed by atoms with Gasteiger partial charge in [0.15, 0.2) is 5.76 Å². The smallest absolute Gasteiger partial charge is 0.329 e. The van der Waals surface area contributed by atoms with Crippen molar-refractivity contribution in [2.45, 2.75) is 13.8 Å². The van der Waals surface area contributed by atoms with Crippen LogP contribution in [-0.2, 0) is 4.79 Å². The molecule has 0 radical (unpaired) electrons. The van der Waals surface area contributed by atoms with Crippen LogP contribution in [0, 0.1) is 6.92 Å². The Morgan fingerprint density at radius 2 is 1.75 bits per heavy atom. The van der Waals surface area contributed by atoms with E-state index in [9.17, 15) is 9.59 Å². The van der Waals surface area contributed by atoms with E-state index in [0.717, 1.165) is 32.6 Å². The predicted octanol–water partition coefficient (Wildman–Crippen LogP) is 4.59. The molecule has 32 heavy (non-hydrogen) atoms. The van der Waals surface area contributed by atoms with Gasteiger partial charge in [-0.1, -0.05) is 48.5 Å². The Balaban J connectivity index is 1.44. The molecule has 7 nitrogen and oxygen atoms in total. The number of benzene rings is 3. The highest BCUT2D eigenvalue weighted by atomic mass is 16.7. The lowest BCUT2D eigenvalue weighted by atomic mass is 10.1. The molecule has 0 unspecified atom stereocenters. The number of hydrazone groups is 1. The van der Waals surface area contributed by atoms with Crippen LogP contribution in [0.25, 0.3) is 32.6 Å². The molecule has 2 aromatic heterocycles. The van der Waals surface area contributed by atoms with Crippen LogP contribution in [0.2, 0.25) is 0 Å². The Bertz CT molecular complexity index is 1540. The van der Waals surface area contributed by atoms with Gasteiger partial charge in [-0.05, 0) is 35.9 Å². The van der Waals surface area contributed by atoms with E-state index in [-0.39, 0.29) is 5.76 Å². The molecule has 2 heterocycles. The molecule has 0 saturated heterocycles. The number of para-hydroxylation sites is 1. The molecule has 0 bridgehead atoms. The zero-order chi connectivity index (χ0) is 22.2. The molecule has 0 saturated carbocycles. The number of carbonyl (C=O) groups excluding carboxylic acids is 2. The van der Waals surface area contributed by atoms with Crippen molar-refractivity contribution in [3.05, 3.63) is 83.7 Å². The summed E-state index contributed by atoms with van der Waals surface area (Å²) < 4.78 is 7.20. The first-order valence-electron chi connectivity index (χ1n) is 10.1. The normalized spacial score (nSPS) is 11.6. The molecule has 0 fully saturated rings. The lowest BCUT2D eigenvalue weighted by molar-refractivity contribution is -0.141. The van der Waals surface area contributed by atoms with Crippen molar-refractivity contribution in [3.8, 4) is 0 Å². The SMILES string of the molecule is CC(=O)On1c(C)c(C=NNC(=O)c2cc3c(ccc4ccccc43)o2)c2ccccc21. The van der Waals surface area contributed by atoms with Gasteiger partial charge < -0.3 is 9.25 Å². The van der Waals surface area contributed by atoms with E-state index in [1.54, 1.807) is 6.07 Å². The third-order valence-electron chi connectivity index (χ3n) is 5.34. The molecule has 5 aromatic rings. The van der Waals surface area contributed by atoms with Gasteiger partial charge >= 0.3 is 11.9 Å². The van der Waals surface area contributed by atoms with Crippen molar-refractivity contribution in [3.63, 3.8) is 0 Å². The third kappa shape index (κ3) is 3.30. The van der Waals surface area contributed by atoms with Crippen LogP contribution in [0.5, 0.6) is 0 Å². The number of aromatic nitrogens is 1. The van der Waals surface area contributed by atoms with E-state index in [4.69, 9.17) is 9.25 Å². The highest BCUT2D eigenvalue weighted by molar-refractivity contribution is 6.08. The second-order valence-electron chi connectivity index (χ2n) is 7.40. The van der Waals surface area contributed by atoms with Crippen LogP contribution in [0.1, 0.15) is 28.7 Å². The fourth-order valence-corrected chi connectivity index (χ4v) is 3.89. The molecule has 1 N–H and O–H groups in total. The summed E-state index contributed by atoms with van der Waals surface area (Å²) in [6.45, 7) is 3.16. The summed E-state index contributed by atoms with van der Waals surface area (Å²) in [5.74, 6) is -0.710. The van der Waals surface area contributed by atoms with Crippen molar-refractivity contribution in [2.24, 2.45) is 5.10 Å². The standard InChI is InChI=1S/C25H19N3O4/c1-15-21(19-9-5-6-10-22(19)28(15)32-16(2)29)14-26-27-25(30)24-13-20-18-8-4-3-7-17(18)11-12-23(20)31-24/h3-14H,1-2H3,(H,27,30). The number of hydrogen-bond acceptors (Lipinski definition) is 5. The van der Waals surface area contributed by atoms with Gasteiger partial charge in [-0.15, -0.1) is 0 Å². The lowest BCUT2D eigenvalue weighted by Gasteiger charge is -2.05. The predicted molar refractivity (Wildman–Crippen MR) is 123 cm³/mol. The van der Waals surface area contributed by atoms with Gasteiger partial charge in [0.25, 0.3) is 0 Å². The molecule has 7 heteroatoms. The zero-order valence-electron chi connectivity index (χ0n) is 17.5. The first-order chi connectivity index (χ1) is 15.5. The molecule has 3 aromatic carbocycles. The largest absolute Gasteiger partial charge is 0.451 e. The van der Waals surface area contributed by atoms with Crippen LogP contribution in [0.4, 0.5) is 0 Å². The molecular formula is C25H19N3O4. The molecule has 158 valence electrons. The van der Waals surface area contributed by atoms with Gasteiger partial charge in [0.05, 0.1) is 17.4 Å². The van der Waals surface area contributed by atoms with Gasteiger partial charge in [-0.25, -0.2) is 10.2 Å². The first kappa shape index (κ1) is 19.6. The monoisotopic (exact) mass is 425 g/mol. The van der Waals surface area contributed by atoms with Gasteiger partial charge in [-0.2, -0.15) is 9.83 Å². The summed E-state index contributed by atoms with van der Waals surface area (Å²) in [7, 11) is 0. The molecule has 0 aliphatic carbocycles. The Hall–Kier alpha value is -4.39. The topological polar surface area (TPSA) is 85.8 Å². The number of carbonyl (C=O) groups is 2. The van der Waals surface area contributed by atoms with Crippen LogP contribution in [0.15, 0.2) is 76.2 Å². The average molecular weight is 425 g/mol. The van der Waals surface area contributed by atoms with E-state index in [1.165, 1.54) is 17.9 Å². The van der Waals surface area contributed by atoms with E-state index in [0.29, 0.717) is 11.3 Å². The highest BCUT2D eigenvalue weighted by Gasteiger charge is 2.16. The zero-order valence-corrected chi connectivity index (χ0v) is 17.5. The molecule has 0 spiro atoms. The number of nitrogens with zero attached hydrogens (tertiary/aromatic N) is 2. The first-order valence-corrected chi connectivity index (χ1v) is 10.1. The lowest BCUT2D eigenvalue weighted by Crippen LogP contribution is -2.18. The van der Waals surface area contributed by atoms with Crippen molar-refractivity contribution in [1.82, 2.24) is 10.2 Å². The van der Waals surface area contributed by atoms with Crippen molar-refractivity contribution < 1.29 is 18.8 Å². The van der Waals surface area contributed by atoms with E-state index in [2.05, 4.69) is 10.5 Å². The second-order valence-corrected chi connectivity index (χ2v) is 7.40. The molecule has 0 atom stereocenters. The summed E-state index contributed by atoms with van der Waals surface area (Å²) in [5, 5.41) is 7.93. The van der Waals surface area contributed by atoms with Gasteiger partial charge in [-0.3, -0.25) is 4.79 Å². The van der Waals surface area contributed by atoms with E-state index < -0.39 is 11.9 Å². The number of fused-ring (bicyclic) bond motifs is 4. The van der Waals surface area contributed by atoms with Crippen molar-refractivity contribution in [2.75, 3.05) is 0 Å². The second kappa shape index (κ2) is 7.70. The number of furan rings is 1. The summed E-state index contributed by atoms with van der Waals surface area (Å²) >= 11 is 0. The Kier molecular flexibility index (Phi) is 4.71. The number of hydrogen-bond donors (Lipinski definition) is 1. The van der Waals surface area contributed by atoms with Crippen LogP contribution >= 0.6 is 0 Å². The number of rotatable bonds is 4. The molecule has 0 aliphatic rings. The fourth-order valence-electron chi connectivity index (χ4n) is 3.89. The maximum Gasteiger partial charge on any atom is 0.329 e.